The highest BCUT2D eigenvalue weighted by atomic mass is 79.9. The highest BCUT2D eigenvalue weighted by Crippen LogP contribution is 2.21. The van der Waals surface area contributed by atoms with Gasteiger partial charge in [0.15, 0.2) is 5.82 Å². The number of aromatic nitrogens is 4. The van der Waals surface area contributed by atoms with E-state index in [1.54, 1.807) is 19.9 Å². The SMILES string of the molecule is CCOC(=O)Cn1c(=O)n(-c2cnc(Br)c(C)n2)c2c(C)cccc21. The van der Waals surface area contributed by atoms with Crippen molar-refractivity contribution in [3.8, 4) is 5.82 Å². The number of carbonyl (C=O) groups excluding carboxylic acids is 1. The van der Waals surface area contributed by atoms with Crippen LogP contribution in [0, 0.1) is 13.8 Å². The van der Waals surface area contributed by atoms with Gasteiger partial charge >= 0.3 is 11.7 Å². The van der Waals surface area contributed by atoms with E-state index >= 15 is 0 Å². The number of benzene rings is 1. The van der Waals surface area contributed by atoms with Crippen LogP contribution in [-0.2, 0) is 16.1 Å². The molecule has 2 aromatic heterocycles. The molecule has 0 fully saturated rings. The van der Waals surface area contributed by atoms with Gasteiger partial charge in [-0.3, -0.25) is 9.36 Å². The first kappa shape index (κ1) is 17.3. The predicted molar refractivity (Wildman–Crippen MR) is 96.9 cm³/mol. The summed E-state index contributed by atoms with van der Waals surface area (Å²) in [6.45, 7) is 5.56. The molecule has 0 aliphatic heterocycles. The van der Waals surface area contributed by atoms with Crippen molar-refractivity contribution >= 4 is 32.9 Å². The molecule has 0 spiro atoms. The van der Waals surface area contributed by atoms with E-state index in [2.05, 4.69) is 25.9 Å². The van der Waals surface area contributed by atoms with Gasteiger partial charge in [-0.05, 0) is 48.3 Å². The topological polar surface area (TPSA) is 79.0 Å². The monoisotopic (exact) mass is 404 g/mol. The van der Waals surface area contributed by atoms with Gasteiger partial charge in [-0.25, -0.2) is 19.3 Å². The van der Waals surface area contributed by atoms with Crippen LogP contribution >= 0.6 is 15.9 Å². The summed E-state index contributed by atoms with van der Waals surface area (Å²) >= 11 is 3.31. The van der Waals surface area contributed by atoms with Gasteiger partial charge in [0.1, 0.15) is 11.1 Å². The second-order valence-corrected chi connectivity index (χ2v) is 6.31. The Hall–Kier alpha value is -2.48. The highest BCUT2D eigenvalue weighted by molar-refractivity contribution is 9.10. The van der Waals surface area contributed by atoms with Gasteiger partial charge in [-0.2, -0.15) is 0 Å². The molecule has 0 bridgehead atoms. The smallest absolute Gasteiger partial charge is 0.335 e. The summed E-state index contributed by atoms with van der Waals surface area (Å²) in [5, 5.41) is 0. The lowest BCUT2D eigenvalue weighted by atomic mass is 10.2. The third kappa shape index (κ3) is 3.09. The first-order valence-corrected chi connectivity index (χ1v) is 8.59. The lowest BCUT2D eigenvalue weighted by molar-refractivity contribution is -0.143. The van der Waals surface area contributed by atoms with Crippen molar-refractivity contribution in [2.75, 3.05) is 6.61 Å². The molecule has 0 N–H and O–H groups in total. The fourth-order valence-electron chi connectivity index (χ4n) is 2.74. The number of esters is 1. The summed E-state index contributed by atoms with van der Waals surface area (Å²) in [6, 6.07) is 5.56. The third-order valence-electron chi connectivity index (χ3n) is 3.85. The van der Waals surface area contributed by atoms with Gasteiger partial charge in [0, 0.05) is 0 Å². The number of halogens is 1. The number of ether oxygens (including phenoxy) is 1. The minimum Gasteiger partial charge on any atom is -0.465 e. The molecule has 0 radical (unpaired) electrons. The lowest BCUT2D eigenvalue weighted by Gasteiger charge is -2.05. The van der Waals surface area contributed by atoms with Crippen molar-refractivity contribution in [2.45, 2.75) is 27.3 Å². The number of hydrogen-bond acceptors (Lipinski definition) is 5. The summed E-state index contributed by atoms with van der Waals surface area (Å²) in [7, 11) is 0. The van der Waals surface area contributed by atoms with E-state index in [-0.39, 0.29) is 18.8 Å². The van der Waals surface area contributed by atoms with Crippen LogP contribution in [0.1, 0.15) is 18.2 Å². The van der Waals surface area contributed by atoms with Crippen LogP contribution in [0.5, 0.6) is 0 Å². The van der Waals surface area contributed by atoms with Crippen LogP contribution < -0.4 is 5.69 Å². The highest BCUT2D eigenvalue weighted by Gasteiger charge is 2.19. The van der Waals surface area contributed by atoms with Gasteiger partial charge in [0.2, 0.25) is 0 Å². The first-order valence-electron chi connectivity index (χ1n) is 7.80. The molecule has 2 heterocycles. The summed E-state index contributed by atoms with van der Waals surface area (Å²) in [5.41, 5.74) is 2.57. The maximum Gasteiger partial charge on any atom is 0.335 e. The van der Waals surface area contributed by atoms with Crippen molar-refractivity contribution in [1.29, 1.82) is 0 Å². The van der Waals surface area contributed by atoms with Gasteiger partial charge in [-0.1, -0.05) is 12.1 Å². The summed E-state index contributed by atoms with van der Waals surface area (Å²) in [6.07, 6.45) is 1.53. The minimum absolute atomic E-state index is 0.150. The van der Waals surface area contributed by atoms with Crippen LogP contribution in [0.3, 0.4) is 0 Å². The molecule has 3 rings (SSSR count). The quantitative estimate of drug-likeness (QED) is 0.624. The van der Waals surface area contributed by atoms with E-state index in [0.717, 1.165) is 5.56 Å². The Morgan fingerprint density at radius 3 is 2.76 bits per heavy atom. The zero-order valence-corrected chi connectivity index (χ0v) is 15.7. The molecule has 8 heteroatoms. The van der Waals surface area contributed by atoms with Crippen molar-refractivity contribution < 1.29 is 9.53 Å². The standard InChI is InChI=1S/C17H17BrN4O3/c1-4-25-14(23)9-21-12-7-5-6-10(2)15(12)22(17(21)24)13-8-19-16(18)11(3)20-13/h5-8H,4,9H2,1-3H3. The summed E-state index contributed by atoms with van der Waals surface area (Å²) in [5.74, 6) is -0.0455. The lowest BCUT2D eigenvalue weighted by Crippen LogP contribution is -2.27. The van der Waals surface area contributed by atoms with Crippen molar-refractivity contribution in [1.82, 2.24) is 19.1 Å². The van der Waals surface area contributed by atoms with E-state index in [1.807, 2.05) is 19.1 Å². The molecule has 0 unspecified atom stereocenters. The fourth-order valence-corrected chi connectivity index (χ4v) is 2.93. The fraction of sp³-hybridized carbons (Fsp3) is 0.294. The maximum atomic E-state index is 13.0. The molecular weight excluding hydrogens is 388 g/mol. The molecule has 0 amide bonds. The van der Waals surface area contributed by atoms with E-state index in [4.69, 9.17) is 4.74 Å². The normalized spacial score (nSPS) is 11.0. The van der Waals surface area contributed by atoms with Crippen LogP contribution in [0.15, 0.2) is 33.8 Å². The zero-order valence-electron chi connectivity index (χ0n) is 14.1. The van der Waals surface area contributed by atoms with Gasteiger partial charge < -0.3 is 4.74 Å². The van der Waals surface area contributed by atoms with Gasteiger partial charge in [0.05, 0.1) is 29.5 Å². The molecule has 0 saturated carbocycles. The number of carbonyl (C=O) groups is 1. The third-order valence-corrected chi connectivity index (χ3v) is 4.63. The Balaban J connectivity index is 2.28. The number of imidazole rings is 1. The Morgan fingerprint density at radius 2 is 2.08 bits per heavy atom. The number of nitrogens with zero attached hydrogens (tertiary/aromatic N) is 4. The molecule has 130 valence electrons. The number of para-hydroxylation sites is 1. The maximum absolute atomic E-state index is 13.0. The Labute approximate surface area is 152 Å². The van der Waals surface area contributed by atoms with Crippen molar-refractivity contribution in [3.05, 3.63) is 50.7 Å². The average molecular weight is 405 g/mol. The van der Waals surface area contributed by atoms with Crippen LogP contribution in [-0.4, -0.2) is 31.7 Å². The van der Waals surface area contributed by atoms with E-state index in [1.165, 1.54) is 15.3 Å². The molecule has 0 aliphatic rings. The Kier molecular flexibility index (Phi) is 4.71. The molecule has 1 aromatic carbocycles. The first-order chi connectivity index (χ1) is 11.9. The second-order valence-electron chi connectivity index (χ2n) is 5.56. The van der Waals surface area contributed by atoms with Gasteiger partial charge in [0.25, 0.3) is 0 Å². The summed E-state index contributed by atoms with van der Waals surface area (Å²) in [4.78, 5) is 33.6. The van der Waals surface area contributed by atoms with Crippen LogP contribution in [0.25, 0.3) is 16.9 Å². The molecule has 0 atom stereocenters. The number of fused-ring (bicyclic) bond motifs is 1. The zero-order chi connectivity index (χ0) is 18.1. The Morgan fingerprint density at radius 1 is 1.32 bits per heavy atom. The van der Waals surface area contributed by atoms with Crippen molar-refractivity contribution in [2.24, 2.45) is 0 Å². The summed E-state index contributed by atoms with van der Waals surface area (Å²) < 4.78 is 8.49. The molecule has 0 aliphatic carbocycles. The number of aryl methyl sites for hydroxylation is 2. The van der Waals surface area contributed by atoms with E-state index in [0.29, 0.717) is 27.1 Å². The molecule has 7 nitrogen and oxygen atoms in total. The minimum atomic E-state index is -0.455. The van der Waals surface area contributed by atoms with E-state index < -0.39 is 5.97 Å². The molecular formula is C17H17BrN4O3. The van der Waals surface area contributed by atoms with Crippen LogP contribution in [0.4, 0.5) is 0 Å². The molecule has 3 aromatic rings. The second kappa shape index (κ2) is 6.79. The Bertz CT molecular complexity index is 1020. The number of rotatable bonds is 4. The van der Waals surface area contributed by atoms with Gasteiger partial charge in [-0.15, -0.1) is 0 Å². The molecule has 25 heavy (non-hydrogen) atoms. The van der Waals surface area contributed by atoms with Crippen molar-refractivity contribution in [3.63, 3.8) is 0 Å². The average Bonchev–Trinajstić information content (AvgIpc) is 2.84. The predicted octanol–water partition coefficient (Wildman–Crippen LogP) is 2.52. The van der Waals surface area contributed by atoms with E-state index in [9.17, 15) is 9.59 Å². The van der Waals surface area contributed by atoms with Crippen LogP contribution in [0.2, 0.25) is 0 Å². The molecule has 0 saturated heterocycles. The largest absolute Gasteiger partial charge is 0.465 e. The number of hydrogen-bond donors (Lipinski definition) is 0.